The molecule has 0 spiro atoms. The van der Waals surface area contributed by atoms with Crippen LogP contribution in [0.3, 0.4) is 0 Å². The standard InChI is InChI=1S/C19H24FN3OS/c20-17-5-3-15(4-6-17)12-21-19(24)22-13-16-7-9-23(10-8-16)14-18-2-1-11-25-18/h1-6,11,16H,7-10,12-14H2,(H2,21,22,24). The quantitative estimate of drug-likeness (QED) is 0.826. The first-order chi connectivity index (χ1) is 12.2. The third-order valence-electron chi connectivity index (χ3n) is 4.58. The molecule has 2 heterocycles. The molecule has 0 bridgehead atoms. The zero-order valence-electron chi connectivity index (χ0n) is 14.2. The van der Waals surface area contributed by atoms with Crippen molar-refractivity contribution >= 4 is 17.4 Å². The molecule has 1 aromatic carbocycles. The number of hydrogen-bond donors (Lipinski definition) is 2. The summed E-state index contributed by atoms with van der Waals surface area (Å²) in [4.78, 5) is 15.8. The zero-order valence-corrected chi connectivity index (χ0v) is 15.0. The van der Waals surface area contributed by atoms with E-state index in [-0.39, 0.29) is 11.8 Å². The molecule has 0 aliphatic carbocycles. The summed E-state index contributed by atoms with van der Waals surface area (Å²) in [5.41, 5.74) is 0.887. The van der Waals surface area contributed by atoms with Crippen LogP contribution >= 0.6 is 11.3 Å². The molecule has 134 valence electrons. The second-order valence-electron chi connectivity index (χ2n) is 6.49. The van der Waals surface area contributed by atoms with Crippen molar-refractivity contribution in [3.8, 4) is 0 Å². The number of carbonyl (C=O) groups excluding carboxylic acids is 1. The Morgan fingerprint density at radius 2 is 1.92 bits per heavy atom. The van der Waals surface area contributed by atoms with Crippen LogP contribution < -0.4 is 10.6 Å². The normalized spacial score (nSPS) is 15.9. The number of nitrogens with zero attached hydrogens (tertiary/aromatic N) is 1. The van der Waals surface area contributed by atoms with Gasteiger partial charge in [-0.25, -0.2) is 9.18 Å². The van der Waals surface area contributed by atoms with Crippen LogP contribution in [0.15, 0.2) is 41.8 Å². The number of nitrogens with one attached hydrogen (secondary N) is 2. The minimum Gasteiger partial charge on any atom is -0.338 e. The summed E-state index contributed by atoms with van der Waals surface area (Å²) in [6, 6.07) is 10.3. The van der Waals surface area contributed by atoms with Gasteiger partial charge in [-0.05, 0) is 61.0 Å². The van der Waals surface area contributed by atoms with Crippen LogP contribution in [-0.4, -0.2) is 30.6 Å². The fraction of sp³-hybridized carbons (Fsp3) is 0.421. The van der Waals surface area contributed by atoms with E-state index in [1.54, 1.807) is 12.1 Å². The van der Waals surface area contributed by atoms with Gasteiger partial charge in [-0.2, -0.15) is 0 Å². The highest BCUT2D eigenvalue weighted by Gasteiger charge is 2.19. The second kappa shape index (κ2) is 8.97. The monoisotopic (exact) mass is 361 g/mol. The highest BCUT2D eigenvalue weighted by atomic mass is 32.1. The minimum absolute atomic E-state index is 0.162. The molecule has 6 heteroatoms. The number of hydrogen-bond acceptors (Lipinski definition) is 3. The lowest BCUT2D eigenvalue weighted by Gasteiger charge is -2.31. The lowest BCUT2D eigenvalue weighted by Crippen LogP contribution is -2.41. The van der Waals surface area contributed by atoms with E-state index < -0.39 is 0 Å². The van der Waals surface area contributed by atoms with Crippen molar-refractivity contribution in [3.05, 3.63) is 58.0 Å². The van der Waals surface area contributed by atoms with E-state index in [9.17, 15) is 9.18 Å². The molecule has 4 nitrogen and oxygen atoms in total. The average molecular weight is 361 g/mol. The number of piperidine rings is 1. The fourth-order valence-electron chi connectivity index (χ4n) is 3.06. The molecule has 1 aromatic heterocycles. The van der Waals surface area contributed by atoms with Gasteiger partial charge in [0.15, 0.2) is 0 Å². The van der Waals surface area contributed by atoms with Gasteiger partial charge in [0.2, 0.25) is 0 Å². The van der Waals surface area contributed by atoms with Crippen LogP contribution in [0.5, 0.6) is 0 Å². The Bertz CT molecular complexity index is 652. The summed E-state index contributed by atoms with van der Waals surface area (Å²) in [5.74, 6) is 0.273. The van der Waals surface area contributed by atoms with E-state index >= 15 is 0 Å². The number of thiophene rings is 1. The topological polar surface area (TPSA) is 44.4 Å². The Labute approximate surface area is 152 Å². The van der Waals surface area contributed by atoms with Gasteiger partial charge in [0.05, 0.1) is 0 Å². The summed E-state index contributed by atoms with van der Waals surface area (Å²) in [6.07, 6.45) is 2.23. The number of urea groups is 1. The van der Waals surface area contributed by atoms with Crippen LogP contribution in [0.1, 0.15) is 23.3 Å². The van der Waals surface area contributed by atoms with Gasteiger partial charge in [-0.15, -0.1) is 11.3 Å². The van der Waals surface area contributed by atoms with E-state index in [2.05, 4.69) is 33.0 Å². The molecule has 2 amide bonds. The second-order valence-corrected chi connectivity index (χ2v) is 7.52. The predicted octanol–water partition coefficient (Wildman–Crippen LogP) is 3.60. The molecule has 3 rings (SSSR count). The first-order valence-electron chi connectivity index (χ1n) is 8.70. The van der Waals surface area contributed by atoms with Gasteiger partial charge in [-0.1, -0.05) is 18.2 Å². The lowest BCUT2D eigenvalue weighted by atomic mass is 9.97. The third-order valence-corrected chi connectivity index (χ3v) is 5.45. The van der Waals surface area contributed by atoms with Gasteiger partial charge >= 0.3 is 6.03 Å². The highest BCUT2D eigenvalue weighted by molar-refractivity contribution is 7.09. The van der Waals surface area contributed by atoms with Crippen molar-refractivity contribution in [2.24, 2.45) is 5.92 Å². The van der Waals surface area contributed by atoms with Crippen molar-refractivity contribution in [1.29, 1.82) is 0 Å². The molecule has 2 N–H and O–H groups in total. The number of carbonyl (C=O) groups is 1. The van der Waals surface area contributed by atoms with Gasteiger partial charge < -0.3 is 10.6 Å². The van der Waals surface area contributed by atoms with Gasteiger partial charge in [0, 0.05) is 24.5 Å². The largest absolute Gasteiger partial charge is 0.338 e. The first kappa shape index (κ1) is 17.9. The van der Waals surface area contributed by atoms with Crippen molar-refractivity contribution < 1.29 is 9.18 Å². The van der Waals surface area contributed by atoms with E-state index in [0.717, 1.165) is 38.0 Å². The maximum absolute atomic E-state index is 12.8. The van der Waals surface area contributed by atoms with Gasteiger partial charge in [0.1, 0.15) is 5.82 Å². The van der Waals surface area contributed by atoms with E-state index in [4.69, 9.17) is 0 Å². The van der Waals surface area contributed by atoms with E-state index in [1.165, 1.54) is 17.0 Å². The summed E-state index contributed by atoms with van der Waals surface area (Å²) >= 11 is 1.81. The van der Waals surface area contributed by atoms with Gasteiger partial charge in [-0.3, -0.25) is 4.90 Å². The highest BCUT2D eigenvalue weighted by Crippen LogP contribution is 2.20. The molecule has 0 radical (unpaired) electrons. The molecule has 2 aromatic rings. The third kappa shape index (κ3) is 5.83. The van der Waals surface area contributed by atoms with Crippen LogP contribution in [0.4, 0.5) is 9.18 Å². The van der Waals surface area contributed by atoms with Crippen LogP contribution in [0.2, 0.25) is 0 Å². The molecule has 1 aliphatic heterocycles. The molecule has 0 unspecified atom stereocenters. The molecule has 0 saturated carbocycles. The number of halogens is 1. The average Bonchev–Trinajstić information content (AvgIpc) is 3.14. The Hall–Kier alpha value is -1.92. The Kier molecular flexibility index (Phi) is 6.42. The molecule has 25 heavy (non-hydrogen) atoms. The minimum atomic E-state index is -0.265. The molecule has 0 atom stereocenters. The van der Waals surface area contributed by atoms with Crippen molar-refractivity contribution in [1.82, 2.24) is 15.5 Å². The fourth-order valence-corrected chi connectivity index (χ4v) is 3.80. The SMILES string of the molecule is O=C(NCc1ccc(F)cc1)NCC1CCN(Cc2cccs2)CC1. The maximum Gasteiger partial charge on any atom is 0.315 e. The summed E-state index contributed by atoms with van der Waals surface area (Å²) < 4.78 is 12.8. The molecule has 1 saturated heterocycles. The number of amides is 2. The molecular weight excluding hydrogens is 337 g/mol. The summed E-state index contributed by atoms with van der Waals surface area (Å²) in [5, 5.41) is 7.89. The maximum atomic E-state index is 12.8. The lowest BCUT2D eigenvalue weighted by molar-refractivity contribution is 0.176. The summed E-state index contributed by atoms with van der Waals surface area (Å²) in [7, 11) is 0. The van der Waals surface area contributed by atoms with Crippen molar-refractivity contribution in [3.63, 3.8) is 0 Å². The smallest absolute Gasteiger partial charge is 0.315 e. The number of rotatable bonds is 6. The van der Waals surface area contributed by atoms with E-state index in [1.807, 2.05) is 11.3 Å². The van der Waals surface area contributed by atoms with Crippen molar-refractivity contribution in [2.45, 2.75) is 25.9 Å². The van der Waals surface area contributed by atoms with Crippen molar-refractivity contribution in [2.75, 3.05) is 19.6 Å². The number of benzene rings is 1. The van der Waals surface area contributed by atoms with Crippen LogP contribution in [0, 0.1) is 11.7 Å². The first-order valence-corrected chi connectivity index (χ1v) is 9.58. The van der Waals surface area contributed by atoms with Gasteiger partial charge in [0.25, 0.3) is 0 Å². The van der Waals surface area contributed by atoms with Crippen LogP contribution in [0.25, 0.3) is 0 Å². The Morgan fingerprint density at radius 1 is 1.16 bits per heavy atom. The predicted molar refractivity (Wildman–Crippen MR) is 99.0 cm³/mol. The van der Waals surface area contributed by atoms with E-state index in [0.29, 0.717) is 19.0 Å². The van der Waals surface area contributed by atoms with Crippen LogP contribution in [-0.2, 0) is 13.1 Å². The molecule has 1 fully saturated rings. The molecular formula is C19H24FN3OS. The Morgan fingerprint density at radius 3 is 2.60 bits per heavy atom. The zero-order chi connectivity index (χ0) is 17.5. The summed E-state index contributed by atoms with van der Waals surface area (Å²) in [6.45, 7) is 4.33. The Balaban J connectivity index is 1.31. The molecule has 1 aliphatic rings. The number of likely N-dealkylation sites (tertiary alicyclic amines) is 1.